The molecule has 3 rings (SSSR count). The van der Waals surface area contributed by atoms with Gasteiger partial charge in [0.2, 0.25) is 5.89 Å². The second-order valence-corrected chi connectivity index (χ2v) is 5.81. The number of aromatic nitrogens is 2. The van der Waals surface area contributed by atoms with E-state index in [1.54, 1.807) is 7.11 Å². The van der Waals surface area contributed by atoms with Crippen molar-refractivity contribution in [2.45, 2.75) is 19.4 Å². The van der Waals surface area contributed by atoms with Gasteiger partial charge in [0.05, 0.1) is 26.4 Å². The Morgan fingerprint density at radius 3 is 2.88 bits per heavy atom. The van der Waals surface area contributed by atoms with Gasteiger partial charge >= 0.3 is 5.76 Å². The molecule has 1 aromatic heterocycles. The first kappa shape index (κ1) is 16.7. The van der Waals surface area contributed by atoms with E-state index in [-0.39, 0.29) is 0 Å². The molecule has 1 saturated heterocycles. The average molecular weight is 334 g/mol. The van der Waals surface area contributed by atoms with Gasteiger partial charge in [-0.05, 0) is 37.1 Å². The Balaban J connectivity index is 1.60. The minimum absolute atomic E-state index is 0.295. The number of hydrogen-bond acceptors (Lipinski definition) is 6. The number of methoxy groups -OCH3 is 1. The standard InChI is InChI=1S/C17H22N2O5/c1-21-10-8-19-17(20)24-16(18-19)14-4-6-15(7-5-14)23-12-13-3-2-9-22-11-13/h4-7,13H,2-3,8-12H2,1H3. The van der Waals surface area contributed by atoms with E-state index in [9.17, 15) is 4.79 Å². The van der Waals surface area contributed by atoms with Crippen molar-refractivity contribution in [3.63, 3.8) is 0 Å². The van der Waals surface area contributed by atoms with Gasteiger partial charge in [-0.2, -0.15) is 4.68 Å². The van der Waals surface area contributed by atoms with Crippen LogP contribution in [0.25, 0.3) is 11.5 Å². The average Bonchev–Trinajstić information content (AvgIpc) is 3.00. The van der Waals surface area contributed by atoms with Crippen molar-refractivity contribution in [1.29, 1.82) is 0 Å². The molecule has 0 aliphatic carbocycles. The number of rotatable bonds is 7. The summed E-state index contributed by atoms with van der Waals surface area (Å²) in [6.45, 7) is 3.04. The lowest BCUT2D eigenvalue weighted by molar-refractivity contribution is 0.0352. The highest BCUT2D eigenvalue weighted by molar-refractivity contribution is 5.53. The van der Waals surface area contributed by atoms with Gasteiger partial charge in [0.25, 0.3) is 0 Å². The van der Waals surface area contributed by atoms with Gasteiger partial charge in [0.1, 0.15) is 5.75 Å². The zero-order valence-electron chi connectivity index (χ0n) is 13.8. The van der Waals surface area contributed by atoms with Crippen LogP contribution in [0, 0.1) is 5.92 Å². The summed E-state index contributed by atoms with van der Waals surface area (Å²) in [5.41, 5.74) is 0.733. The van der Waals surface area contributed by atoms with Crippen molar-refractivity contribution in [3.8, 4) is 17.2 Å². The van der Waals surface area contributed by atoms with Crippen LogP contribution in [0.5, 0.6) is 5.75 Å². The Morgan fingerprint density at radius 1 is 1.33 bits per heavy atom. The maximum atomic E-state index is 11.7. The smallest absolute Gasteiger partial charge is 0.437 e. The molecule has 0 N–H and O–H groups in total. The molecule has 0 spiro atoms. The van der Waals surface area contributed by atoms with Gasteiger partial charge in [-0.15, -0.1) is 5.10 Å². The third-order valence-corrected chi connectivity index (χ3v) is 3.96. The van der Waals surface area contributed by atoms with Crippen molar-refractivity contribution in [1.82, 2.24) is 9.78 Å². The minimum Gasteiger partial charge on any atom is -0.493 e. The molecule has 130 valence electrons. The summed E-state index contributed by atoms with van der Waals surface area (Å²) in [6.07, 6.45) is 2.24. The monoisotopic (exact) mass is 334 g/mol. The molecule has 0 saturated carbocycles. The van der Waals surface area contributed by atoms with E-state index in [4.69, 9.17) is 18.6 Å². The van der Waals surface area contributed by atoms with Crippen LogP contribution >= 0.6 is 0 Å². The van der Waals surface area contributed by atoms with Crippen LogP contribution in [0.15, 0.2) is 33.5 Å². The van der Waals surface area contributed by atoms with Crippen LogP contribution in [0.1, 0.15) is 12.8 Å². The minimum atomic E-state index is -0.486. The van der Waals surface area contributed by atoms with Crippen LogP contribution in [-0.4, -0.2) is 43.3 Å². The molecular weight excluding hydrogens is 312 g/mol. The first-order chi connectivity index (χ1) is 11.8. The predicted molar refractivity (Wildman–Crippen MR) is 87.1 cm³/mol. The van der Waals surface area contributed by atoms with Crippen LogP contribution in [-0.2, 0) is 16.0 Å². The first-order valence-corrected chi connectivity index (χ1v) is 8.14. The molecular formula is C17H22N2O5. The van der Waals surface area contributed by atoms with E-state index in [2.05, 4.69) is 5.10 Å². The topological polar surface area (TPSA) is 75.7 Å². The summed E-state index contributed by atoms with van der Waals surface area (Å²) in [4.78, 5) is 11.7. The normalized spacial score (nSPS) is 17.8. The lowest BCUT2D eigenvalue weighted by atomic mass is 10.0. The SMILES string of the molecule is COCCn1nc(-c2ccc(OCC3CCCOC3)cc2)oc1=O. The molecule has 7 heteroatoms. The summed E-state index contributed by atoms with van der Waals surface area (Å²) in [5, 5.41) is 4.17. The van der Waals surface area contributed by atoms with E-state index < -0.39 is 5.76 Å². The highest BCUT2D eigenvalue weighted by Crippen LogP contribution is 2.21. The summed E-state index contributed by atoms with van der Waals surface area (Å²) in [7, 11) is 1.57. The van der Waals surface area contributed by atoms with Crippen LogP contribution in [0.3, 0.4) is 0 Å². The molecule has 2 aromatic rings. The van der Waals surface area contributed by atoms with Crippen LogP contribution < -0.4 is 10.5 Å². The molecule has 0 radical (unpaired) electrons. The Bertz CT molecular complexity index is 686. The fourth-order valence-corrected chi connectivity index (χ4v) is 2.59. The Morgan fingerprint density at radius 2 is 2.17 bits per heavy atom. The summed E-state index contributed by atoms with van der Waals surface area (Å²) >= 11 is 0. The van der Waals surface area contributed by atoms with E-state index in [1.807, 2.05) is 24.3 Å². The molecule has 1 atom stereocenters. The zero-order valence-corrected chi connectivity index (χ0v) is 13.8. The Hall–Kier alpha value is -2.12. The fraction of sp³-hybridized carbons (Fsp3) is 0.529. The second-order valence-electron chi connectivity index (χ2n) is 5.81. The largest absolute Gasteiger partial charge is 0.493 e. The lowest BCUT2D eigenvalue weighted by Crippen LogP contribution is -2.23. The molecule has 1 fully saturated rings. The van der Waals surface area contributed by atoms with E-state index in [1.165, 1.54) is 4.68 Å². The van der Waals surface area contributed by atoms with E-state index in [0.717, 1.165) is 37.4 Å². The van der Waals surface area contributed by atoms with E-state index in [0.29, 0.717) is 31.6 Å². The second kappa shape index (κ2) is 8.12. The third kappa shape index (κ3) is 4.24. The van der Waals surface area contributed by atoms with Gasteiger partial charge in [-0.1, -0.05) is 0 Å². The molecule has 0 bridgehead atoms. The Labute approximate surface area is 140 Å². The van der Waals surface area contributed by atoms with Gasteiger partial charge < -0.3 is 18.6 Å². The summed E-state index contributed by atoms with van der Waals surface area (Å²) in [5.74, 6) is 1.04. The van der Waals surface area contributed by atoms with Gasteiger partial charge in [-0.3, -0.25) is 0 Å². The van der Waals surface area contributed by atoms with Crippen LogP contribution in [0.2, 0.25) is 0 Å². The molecule has 7 nitrogen and oxygen atoms in total. The highest BCUT2D eigenvalue weighted by atomic mass is 16.5. The van der Waals surface area contributed by atoms with Gasteiger partial charge in [0, 0.05) is 25.2 Å². The van der Waals surface area contributed by atoms with E-state index >= 15 is 0 Å². The van der Waals surface area contributed by atoms with Crippen molar-refractivity contribution < 1.29 is 18.6 Å². The van der Waals surface area contributed by atoms with Crippen molar-refractivity contribution in [2.24, 2.45) is 5.92 Å². The molecule has 2 heterocycles. The maximum Gasteiger partial charge on any atom is 0.437 e. The number of benzene rings is 1. The molecule has 1 aromatic carbocycles. The van der Waals surface area contributed by atoms with Crippen molar-refractivity contribution in [3.05, 3.63) is 34.8 Å². The first-order valence-electron chi connectivity index (χ1n) is 8.14. The Kier molecular flexibility index (Phi) is 5.66. The number of hydrogen-bond donors (Lipinski definition) is 0. The molecule has 24 heavy (non-hydrogen) atoms. The zero-order chi connectivity index (χ0) is 16.8. The molecule has 1 aliphatic heterocycles. The highest BCUT2D eigenvalue weighted by Gasteiger charge is 2.15. The predicted octanol–water partition coefficient (Wildman–Crippen LogP) is 1.96. The third-order valence-electron chi connectivity index (χ3n) is 3.96. The number of nitrogens with zero attached hydrogens (tertiary/aromatic N) is 2. The summed E-state index contributed by atoms with van der Waals surface area (Å²) in [6, 6.07) is 7.37. The molecule has 1 unspecified atom stereocenters. The quantitative estimate of drug-likeness (QED) is 0.770. The number of ether oxygens (including phenoxy) is 3. The molecule has 1 aliphatic rings. The molecule has 0 amide bonds. The van der Waals surface area contributed by atoms with Gasteiger partial charge in [-0.25, -0.2) is 4.79 Å². The summed E-state index contributed by atoms with van der Waals surface area (Å²) < 4.78 is 22.6. The van der Waals surface area contributed by atoms with Crippen molar-refractivity contribution in [2.75, 3.05) is 33.5 Å². The van der Waals surface area contributed by atoms with Crippen molar-refractivity contribution >= 4 is 0 Å². The maximum absolute atomic E-state index is 11.7. The fourth-order valence-electron chi connectivity index (χ4n) is 2.59. The van der Waals surface area contributed by atoms with Crippen LogP contribution in [0.4, 0.5) is 0 Å². The van der Waals surface area contributed by atoms with Gasteiger partial charge in [0.15, 0.2) is 0 Å². The lowest BCUT2D eigenvalue weighted by Gasteiger charge is -2.22.